The Labute approximate surface area is 115 Å². The molecule has 1 aromatic rings. The smallest absolute Gasteiger partial charge is 0.260 e. The summed E-state index contributed by atoms with van der Waals surface area (Å²) in [6, 6.07) is 5.40. The van der Waals surface area contributed by atoms with E-state index >= 15 is 0 Å². The lowest BCUT2D eigenvalue weighted by Gasteiger charge is -2.16. The van der Waals surface area contributed by atoms with Crippen molar-refractivity contribution < 1.29 is 9.53 Å². The second kappa shape index (κ2) is 7.02. The largest absolute Gasteiger partial charge is 0.481 e. The van der Waals surface area contributed by atoms with E-state index in [-0.39, 0.29) is 5.91 Å². The van der Waals surface area contributed by atoms with Crippen LogP contribution in [0.5, 0.6) is 5.75 Å². The number of carbonyl (C=O) groups is 1. The van der Waals surface area contributed by atoms with E-state index in [0.717, 1.165) is 12.0 Å². The topological polar surface area (TPSA) is 64.3 Å². The molecule has 4 nitrogen and oxygen atoms in total. The third-order valence-electron chi connectivity index (χ3n) is 2.89. The number of aryl methyl sites for hydroxylation is 1. The summed E-state index contributed by atoms with van der Waals surface area (Å²) < 4.78 is 5.65. The molecule has 0 bridgehead atoms. The standard InChI is InChI=1S/C15H24N2O2/c1-10(2)7-8-17-15(18)12(4)19-14-6-5-13(16)9-11(14)3/h5-6,9-10,12H,7-8,16H2,1-4H3,(H,17,18). The predicted octanol–water partition coefficient (Wildman–Crippen LogP) is 2.51. The molecule has 1 amide bonds. The first-order valence-corrected chi connectivity index (χ1v) is 6.70. The average molecular weight is 264 g/mol. The van der Waals surface area contributed by atoms with E-state index in [9.17, 15) is 4.79 Å². The summed E-state index contributed by atoms with van der Waals surface area (Å²) in [4.78, 5) is 11.8. The van der Waals surface area contributed by atoms with E-state index in [1.54, 1.807) is 19.1 Å². The summed E-state index contributed by atoms with van der Waals surface area (Å²) in [6.45, 7) is 8.61. The molecule has 0 aliphatic rings. The molecule has 1 rings (SSSR count). The Morgan fingerprint density at radius 3 is 2.63 bits per heavy atom. The third-order valence-corrected chi connectivity index (χ3v) is 2.89. The Kier molecular flexibility index (Phi) is 5.67. The maximum Gasteiger partial charge on any atom is 0.260 e. The van der Waals surface area contributed by atoms with Gasteiger partial charge in [0.05, 0.1) is 0 Å². The first-order chi connectivity index (χ1) is 8.90. The molecule has 1 aromatic carbocycles. The van der Waals surface area contributed by atoms with Gasteiger partial charge in [-0.05, 0) is 49.9 Å². The van der Waals surface area contributed by atoms with Crippen molar-refractivity contribution in [2.45, 2.75) is 40.2 Å². The first kappa shape index (κ1) is 15.3. The number of carbonyl (C=O) groups excluding carboxylic acids is 1. The SMILES string of the molecule is Cc1cc(N)ccc1OC(C)C(=O)NCCC(C)C. The van der Waals surface area contributed by atoms with E-state index in [2.05, 4.69) is 19.2 Å². The minimum Gasteiger partial charge on any atom is -0.481 e. The molecule has 0 aliphatic carbocycles. The van der Waals surface area contributed by atoms with Crippen molar-refractivity contribution in [2.75, 3.05) is 12.3 Å². The van der Waals surface area contributed by atoms with Crippen molar-refractivity contribution in [1.82, 2.24) is 5.32 Å². The summed E-state index contributed by atoms with van der Waals surface area (Å²) >= 11 is 0. The number of rotatable bonds is 6. The molecular formula is C15H24N2O2. The lowest BCUT2D eigenvalue weighted by atomic mass is 10.1. The summed E-state index contributed by atoms with van der Waals surface area (Å²) in [5.41, 5.74) is 7.30. The van der Waals surface area contributed by atoms with Crippen LogP contribution in [-0.2, 0) is 4.79 Å². The second-order valence-electron chi connectivity index (χ2n) is 5.26. The van der Waals surface area contributed by atoms with Gasteiger partial charge < -0.3 is 15.8 Å². The van der Waals surface area contributed by atoms with Crippen molar-refractivity contribution >= 4 is 11.6 Å². The minimum atomic E-state index is -0.505. The van der Waals surface area contributed by atoms with Gasteiger partial charge in [-0.25, -0.2) is 0 Å². The fraction of sp³-hybridized carbons (Fsp3) is 0.533. The lowest BCUT2D eigenvalue weighted by molar-refractivity contribution is -0.127. The molecule has 0 saturated heterocycles. The van der Waals surface area contributed by atoms with E-state index in [0.29, 0.717) is 23.9 Å². The highest BCUT2D eigenvalue weighted by atomic mass is 16.5. The van der Waals surface area contributed by atoms with Gasteiger partial charge in [-0.15, -0.1) is 0 Å². The maximum absolute atomic E-state index is 11.8. The number of nitrogens with one attached hydrogen (secondary N) is 1. The van der Waals surface area contributed by atoms with Gasteiger partial charge in [-0.3, -0.25) is 4.79 Å². The van der Waals surface area contributed by atoms with Crippen LogP contribution in [-0.4, -0.2) is 18.6 Å². The zero-order chi connectivity index (χ0) is 14.4. The number of ether oxygens (including phenoxy) is 1. The van der Waals surface area contributed by atoms with Crippen molar-refractivity contribution in [1.29, 1.82) is 0 Å². The number of nitrogen functional groups attached to an aromatic ring is 1. The Balaban J connectivity index is 2.49. The van der Waals surface area contributed by atoms with Crippen LogP contribution in [0.2, 0.25) is 0 Å². The predicted molar refractivity (Wildman–Crippen MR) is 78.1 cm³/mol. The maximum atomic E-state index is 11.8. The molecule has 0 aliphatic heterocycles. The van der Waals surface area contributed by atoms with E-state index < -0.39 is 6.10 Å². The zero-order valence-corrected chi connectivity index (χ0v) is 12.2. The zero-order valence-electron chi connectivity index (χ0n) is 12.2. The van der Waals surface area contributed by atoms with Crippen LogP contribution in [0.25, 0.3) is 0 Å². The Bertz CT molecular complexity index is 430. The second-order valence-corrected chi connectivity index (χ2v) is 5.26. The third kappa shape index (κ3) is 5.20. The molecule has 0 radical (unpaired) electrons. The van der Waals surface area contributed by atoms with Crippen LogP contribution in [0, 0.1) is 12.8 Å². The summed E-state index contributed by atoms with van der Waals surface area (Å²) in [7, 11) is 0. The monoisotopic (exact) mass is 264 g/mol. The van der Waals surface area contributed by atoms with Gasteiger partial charge in [0.25, 0.3) is 5.91 Å². The fourth-order valence-electron chi connectivity index (χ4n) is 1.68. The van der Waals surface area contributed by atoms with Gasteiger partial charge in [0.2, 0.25) is 0 Å². The molecule has 0 fully saturated rings. The van der Waals surface area contributed by atoms with Gasteiger partial charge >= 0.3 is 0 Å². The Morgan fingerprint density at radius 2 is 2.05 bits per heavy atom. The molecule has 1 unspecified atom stereocenters. The van der Waals surface area contributed by atoms with Crippen LogP contribution in [0.3, 0.4) is 0 Å². The Hall–Kier alpha value is -1.71. The van der Waals surface area contributed by atoms with E-state index in [4.69, 9.17) is 10.5 Å². The molecule has 0 aromatic heterocycles. The highest BCUT2D eigenvalue weighted by molar-refractivity contribution is 5.80. The summed E-state index contributed by atoms with van der Waals surface area (Å²) in [5, 5.41) is 2.88. The van der Waals surface area contributed by atoms with E-state index in [1.807, 2.05) is 13.0 Å². The van der Waals surface area contributed by atoms with Crippen LogP contribution in [0.4, 0.5) is 5.69 Å². The summed E-state index contributed by atoms with van der Waals surface area (Å²) in [6.07, 6.45) is 0.466. The molecule has 0 heterocycles. The van der Waals surface area contributed by atoms with Crippen LogP contribution >= 0.6 is 0 Å². The van der Waals surface area contributed by atoms with Gasteiger partial charge in [0.15, 0.2) is 6.10 Å². The van der Waals surface area contributed by atoms with Gasteiger partial charge in [-0.1, -0.05) is 13.8 Å². The fourth-order valence-corrected chi connectivity index (χ4v) is 1.68. The molecule has 0 saturated carbocycles. The molecule has 4 heteroatoms. The quantitative estimate of drug-likeness (QED) is 0.776. The van der Waals surface area contributed by atoms with Crippen molar-refractivity contribution in [3.8, 4) is 5.75 Å². The molecule has 1 atom stereocenters. The van der Waals surface area contributed by atoms with E-state index in [1.165, 1.54) is 0 Å². The van der Waals surface area contributed by atoms with Crippen molar-refractivity contribution in [3.63, 3.8) is 0 Å². The first-order valence-electron chi connectivity index (χ1n) is 6.70. The molecule has 3 N–H and O–H groups in total. The molecule has 0 spiro atoms. The van der Waals surface area contributed by atoms with Crippen molar-refractivity contribution in [3.05, 3.63) is 23.8 Å². The van der Waals surface area contributed by atoms with Gasteiger partial charge in [-0.2, -0.15) is 0 Å². The number of amides is 1. The molecule has 106 valence electrons. The number of nitrogens with two attached hydrogens (primary N) is 1. The highest BCUT2D eigenvalue weighted by Gasteiger charge is 2.15. The van der Waals surface area contributed by atoms with Crippen LogP contribution in [0.1, 0.15) is 32.8 Å². The summed E-state index contributed by atoms with van der Waals surface area (Å²) in [5.74, 6) is 1.19. The van der Waals surface area contributed by atoms with Gasteiger partial charge in [0, 0.05) is 12.2 Å². The lowest BCUT2D eigenvalue weighted by Crippen LogP contribution is -2.37. The number of benzene rings is 1. The normalized spacial score (nSPS) is 12.3. The minimum absolute atomic E-state index is 0.0862. The average Bonchev–Trinajstić information content (AvgIpc) is 2.32. The molecular weight excluding hydrogens is 240 g/mol. The van der Waals surface area contributed by atoms with Gasteiger partial charge in [0.1, 0.15) is 5.75 Å². The number of anilines is 1. The van der Waals surface area contributed by atoms with Crippen molar-refractivity contribution in [2.24, 2.45) is 5.92 Å². The highest BCUT2D eigenvalue weighted by Crippen LogP contribution is 2.21. The number of hydrogen-bond donors (Lipinski definition) is 2. The Morgan fingerprint density at radius 1 is 1.37 bits per heavy atom. The van der Waals surface area contributed by atoms with Crippen LogP contribution < -0.4 is 15.8 Å². The number of hydrogen-bond acceptors (Lipinski definition) is 3. The molecule has 19 heavy (non-hydrogen) atoms. The van der Waals surface area contributed by atoms with Crippen LogP contribution in [0.15, 0.2) is 18.2 Å².